The second kappa shape index (κ2) is 5.05. The van der Waals surface area contributed by atoms with Crippen LogP contribution in [0.5, 0.6) is 5.75 Å². The summed E-state index contributed by atoms with van der Waals surface area (Å²) in [6, 6.07) is 15.2. The zero-order valence-corrected chi connectivity index (χ0v) is 9.37. The van der Waals surface area contributed by atoms with Crippen LogP contribution in [0.15, 0.2) is 53.6 Å². The van der Waals surface area contributed by atoms with Crippen LogP contribution in [0.2, 0.25) is 0 Å². The fourth-order valence-electron chi connectivity index (χ4n) is 1.57. The van der Waals surface area contributed by atoms with E-state index in [1.54, 1.807) is 19.2 Å². The normalized spacial score (nSPS) is 9.47. The van der Waals surface area contributed by atoms with Gasteiger partial charge in [-0.3, -0.25) is 0 Å². The van der Waals surface area contributed by atoms with Gasteiger partial charge in [-0.05, 0) is 28.8 Å². The van der Waals surface area contributed by atoms with E-state index in [2.05, 4.69) is 10.0 Å². The molecule has 4 nitrogen and oxygen atoms in total. The molecule has 0 radical (unpaired) electrons. The number of hydrogen-bond acceptors (Lipinski definition) is 2. The third-order valence-electron chi connectivity index (χ3n) is 2.43. The lowest BCUT2D eigenvalue weighted by atomic mass is 10.1. The summed E-state index contributed by atoms with van der Waals surface area (Å²) in [6.07, 6.45) is 0. The Bertz CT molecular complexity index is 557. The topological polar surface area (TPSA) is 58.0 Å². The van der Waals surface area contributed by atoms with Gasteiger partial charge in [-0.2, -0.15) is 0 Å². The summed E-state index contributed by atoms with van der Waals surface area (Å²) in [5, 5.41) is 3.53. The van der Waals surface area contributed by atoms with E-state index < -0.39 is 0 Å². The zero-order chi connectivity index (χ0) is 12.1. The second-order valence-electron chi connectivity index (χ2n) is 3.47. The molecule has 0 fully saturated rings. The van der Waals surface area contributed by atoms with Crippen LogP contribution in [0.4, 0.5) is 5.69 Å². The van der Waals surface area contributed by atoms with Crippen molar-refractivity contribution in [2.45, 2.75) is 0 Å². The fraction of sp³-hybridized carbons (Fsp3) is 0.0769. The van der Waals surface area contributed by atoms with Gasteiger partial charge in [0.15, 0.2) is 0 Å². The molecule has 0 aromatic heterocycles. The highest BCUT2D eigenvalue weighted by atomic mass is 16.5. The molecule has 0 aliphatic heterocycles. The number of nitrogens with zero attached hydrogens (tertiary/aromatic N) is 3. The number of benzene rings is 2. The maximum atomic E-state index is 8.32. The smallest absolute Gasteiger partial charge is 0.119 e. The summed E-state index contributed by atoms with van der Waals surface area (Å²) in [4.78, 5) is 2.74. The minimum Gasteiger partial charge on any atom is -0.497 e. The molecule has 2 rings (SSSR count). The largest absolute Gasteiger partial charge is 0.497 e. The molecule has 2 aromatic rings. The molecule has 0 heterocycles. The molecular weight excluding hydrogens is 214 g/mol. The van der Waals surface area contributed by atoms with Crippen molar-refractivity contribution < 1.29 is 4.74 Å². The SMILES string of the molecule is COc1cccc(-c2ccc(N=[N+]=[N-])cc2)c1. The summed E-state index contributed by atoms with van der Waals surface area (Å²) in [6.45, 7) is 0. The molecule has 0 unspecified atom stereocenters. The molecule has 0 saturated carbocycles. The van der Waals surface area contributed by atoms with Crippen molar-refractivity contribution in [1.82, 2.24) is 0 Å². The lowest BCUT2D eigenvalue weighted by molar-refractivity contribution is 0.415. The Balaban J connectivity index is 2.35. The van der Waals surface area contributed by atoms with Gasteiger partial charge in [0.25, 0.3) is 0 Å². The van der Waals surface area contributed by atoms with Gasteiger partial charge in [-0.15, -0.1) is 0 Å². The van der Waals surface area contributed by atoms with Crippen molar-refractivity contribution in [3.63, 3.8) is 0 Å². The van der Waals surface area contributed by atoms with E-state index in [4.69, 9.17) is 10.3 Å². The summed E-state index contributed by atoms with van der Waals surface area (Å²) in [5.74, 6) is 0.821. The van der Waals surface area contributed by atoms with E-state index >= 15 is 0 Å². The maximum absolute atomic E-state index is 8.32. The highest BCUT2D eigenvalue weighted by Gasteiger charge is 1.99. The summed E-state index contributed by atoms with van der Waals surface area (Å²) in [7, 11) is 1.64. The molecule has 0 spiro atoms. The first-order valence-corrected chi connectivity index (χ1v) is 5.13. The van der Waals surface area contributed by atoms with Gasteiger partial charge in [0.1, 0.15) is 5.75 Å². The average Bonchev–Trinajstić information content (AvgIpc) is 2.40. The zero-order valence-electron chi connectivity index (χ0n) is 9.37. The first-order valence-electron chi connectivity index (χ1n) is 5.13. The van der Waals surface area contributed by atoms with Crippen LogP contribution in [0.1, 0.15) is 0 Å². The second-order valence-corrected chi connectivity index (χ2v) is 3.47. The van der Waals surface area contributed by atoms with Crippen LogP contribution in [0.25, 0.3) is 21.6 Å². The molecule has 4 heteroatoms. The number of ether oxygens (including phenoxy) is 1. The number of methoxy groups -OCH3 is 1. The van der Waals surface area contributed by atoms with E-state index in [-0.39, 0.29) is 0 Å². The van der Waals surface area contributed by atoms with E-state index in [1.165, 1.54) is 0 Å². The van der Waals surface area contributed by atoms with Crippen molar-refractivity contribution >= 4 is 5.69 Å². The Labute approximate surface area is 99.1 Å². The van der Waals surface area contributed by atoms with Gasteiger partial charge in [0.05, 0.1) is 7.11 Å². The lowest BCUT2D eigenvalue weighted by Gasteiger charge is -2.04. The summed E-state index contributed by atoms with van der Waals surface area (Å²) < 4.78 is 5.17. The first kappa shape index (κ1) is 11.0. The monoisotopic (exact) mass is 225 g/mol. The van der Waals surface area contributed by atoms with Crippen LogP contribution >= 0.6 is 0 Å². The van der Waals surface area contributed by atoms with Crippen molar-refractivity contribution in [2.24, 2.45) is 5.11 Å². The van der Waals surface area contributed by atoms with Crippen LogP contribution in [0, 0.1) is 0 Å². The molecule has 0 saturated heterocycles. The van der Waals surface area contributed by atoms with Crippen LogP contribution in [-0.2, 0) is 0 Å². The molecule has 17 heavy (non-hydrogen) atoms. The quantitative estimate of drug-likeness (QED) is 0.436. The van der Waals surface area contributed by atoms with Crippen LogP contribution < -0.4 is 4.74 Å². The molecule has 0 aliphatic carbocycles. The van der Waals surface area contributed by atoms with Gasteiger partial charge in [-0.1, -0.05) is 41.5 Å². The predicted molar refractivity (Wildman–Crippen MR) is 67.2 cm³/mol. The van der Waals surface area contributed by atoms with E-state index in [0.29, 0.717) is 5.69 Å². The van der Waals surface area contributed by atoms with E-state index in [1.807, 2.05) is 36.4 Å². The number of hydrogen-bond donors (Lipinski definition) is 0. The molecule has 84 valence electrons. The third-order valence-corrected chi connectivity index (χ3v) is 2.43. The van der Waals surface area contributed by atoms with Gasteiger partial charge >= 0.3 is 0 Å². The predicted octanol–water partition coefficient (Wildman–Crippen LogP) is 4.30. The highest BCUT2D eigenvalue weighted by molar-refractivity contribution is 5.66. The van der Waals surface area contributed by atoms with Crippen LogP contribution in [-0.4, -0.2) is 7.11 Å². The highest BCUT2D eigenvalue weighted by Crippen LogP contribution is 2.25. The Hall–Kier alpha value is -2.45. The van der Waals surface area contributed by atoms with E-state index in [9.17, 15) is 0 Å². The number of azide groups is 1. The van der Waals surface area contributed by atoms with Gasteiger partial charge in [0, 0.05) is 10.6 Å². The Morgan fingerprint density at radius 2 is 1.82 bits per heavy atom. The average molecular weight is 225 g/mol. The Morgan fingerprint density at radius 3 is 2.47 bits per heavy atom. The molecule has 0 N–H and O–H groups in total. The minimum atomic E-state index is 0.610. The molecule has 0 bridgehead atoms. The molecule has 0 aliphatic rings. The number of rotatable bonds is 3. The van der Waals surface area contributed by atoms with Crippen LogP contribution in [0.3, 0.4) is 0 Å². The minimum absolute atomic E-state index is 0.610. The molecule has 0 amide bonds. The van der Waals surface area contributed by atoms with Crippen molar-refractivity contribution in [1.29, 1.82) is 0 Å². The van der Waals surface area contributed by atoms with Gasteiger partial charge in [-0.25, -0.2) is 0 Å². The lowest BCUT2D eigenvalue weighted by Crippen LogP contribution is -1.83. The molecule has 0 atom stereocenters. The van der Waals surface area contributed by atoms with Gasteiger partial charge in [0.2, 0.25) is 0 Å². The van der Waals surface area contributed by atoms with E-state index in [0.717, 1.165) is 16.9 Å². The molecule has 2 aromatic carbocycles. The van der Waals surface area contributed by atoms with Crippen molar-refractivity contribution in [2.75, 3.05) is 7.11 Å². The Morgan fingerprint density at radius 1 is 1.06 bits per heavy atom. The third kappa shape index (κ3) is 2.56. The van der Waals surface area contributed by atoms with Crippen molar-refractivity contribution in [3.8, 4) is 16.9 Å². The van der Waals surface area contributed by atoms with Crippen molar-refractivity contribution in [3.05, 3.63) is 59.0 Å². The summed E-state index contributed by atoms with van der Waals surface area (Å²) >= 11 is 0. The standard InChI is InChI=1S/C13H11N3O/c1-17-13-4-2-3-11(9-13)10-5-7-12(8-6-10)15-16-14/h2-9H,1H3. The first-order chi connectivity index (χ1) is 8.33. The fourth-order valence-corrected chi connectivity index (χ4v) is 1.57. The molecular formula is C13H11N3O. The summed E-state index contributed by atoms with van der Waals surface area (Å²) in [5.41, 5.74) is 11.0. The maximum Gasteiger partial charge on any atom is 0.119 e. The Kier molecular flexibility index (Phi) is 3.28. The van der Waals surface area contributed by atoms with Gasteiger partial charge < -0.3 is 4.74 Å².